The summed E-state index contributed by atoms with van der Waals surface area (Å²) in [4.78, 5) is 8.07. The third-order valence-electron chi connectivity index (χ3n) is 1.78. The number of hydrogen-bond acceptors (Lipinski definition) is 4. The first-order valence-corrected chi connectivity index (χ1v) is 4.11. The molecule has 0 saturated carbocycles. The molecule has 0 aliphatic carbocycles. The van der Waals surface area contributed by atoms with Crippen LogP contribution in [-0.2, 0) is 0 Å². The Labute approximate surface area is 75.2 Å². The molecule has 68 valence electrons. The third-order valence-corrected chi connectivity index (χ3v) is 1.78. The fourth-order valence-electron chi connectivity index (χ4n) is 1.22. The maximum absolute atomic E-state index is 5.35. The van der Waals surface area contributed by atoms with E-state index in [2.05, 4.69) is 20.2 Å². The van der Waals surface area contributed by atoms with Gasteiger partial charge in [0.25, 0.3) is 0 Å². The number of ether oxygens (including phenoxy) is 1. The van der Waals surface area contributed by atoms with E-state index < -0.39 is 0 Å². The summed E-state index contributed by atoms with van der Waals surface area (Å²) in [5, 5.41) is 7.70. The van der Waals surface area contributed by atoms with Gasteiger partial charge in [-0.05, 0) is 13.8 Å². The van der Waals surface area contributed by atoms with Crippen LogP contribution >= 0.6 is 0 Å². The van der Waals surface area contributed by atoms with E-state index in [0.717, 1.165) is 16.7 Å². The topological polar surface area (TPSA) is 63.7 Å². The van der Waals surface area contributed by atoms with E-state index in [0.29, 0.717) is 12.5 Å². The number of hydrogen-bond donors (Lipinski definition) is 1. The fraction of sp³-hybridized carbons (Fsp3) is 0.375. The molecule has 0 saturated heterocycles. The van der Waals surface area contributed by atoms with Crippen LogP contribution in [-0.4, -0.2) is 26.8 Å². The summed E-state index contributed by atoms with van der Waals surface area (Å²) in [7, 11) is 0. The number of rotatable bonds is 2. The van der Waals surface area contributed by atoms with Gasteiger partial charge in [-0.15, -0.1) is 0 Å². The van der Waals surface area contributed by atoms with Gasteiger partial charge in [0.2, 0.25) is 5.88 Å². The van der Waals surface area contributed by atoms with Crippen molar-refractivity contribution in [3.05, 3.63) is 12.0 Å². The lowest BCUT2D eigenvalue weighted by molar-refractivity contribution is 0.330. The Kier molecular flexibility index (Phi) is 1.84. The van der Waals surface area contributed by atoms with E-state index in [1.165, 1.54) is 6.33 Å². The smallest absolute Gasteiger partial charge is 0.228 e. The molecule has 1 N–H and O–H groups in total. The average molecular weight is 178 g/mol. The molecule has 2 aromatic rings. The highest BCUT2D eigenvalue weighted by Crippen LogP contribution is 2.21. The van der Waals surface area contributed by atoms with Crippen molar-refractivity contribution in [1.82, 2.24) is 20.2 Å². The summed E-state index contributed by atoms with van der Waals surface area (Å²) < 4.78 is 5.35. The summed E-state index contributed by atoms with van der Waals surface area (Å²) in [6.45, 7) is 4.41. The van der Waals surface area contributed by atoms with Crippen LogP contribution in [0.5, 0.6) is 5.88 Å². The van der Waals surface area contributed by atoms with Gasteiger partial charge in [0.1, 0.15) is 11.7 Å². The van der Waals surface area contributed by atoms with Crippen molar-refractivity contribution in [2.24, 2.45) is 0 Å². The maximum Gasteiger partial charge on any atom is 0.228 e. The minimum Gasteiger partial charge on any atom is -0.477 e. The minimum absolute atomic E-state index is 0.594. The molecule has 2 aromatic heterocycles. The minimum atomic E-state index is 0.594. The van der Waals surface area contributed by atoms with Crippen LogP contribution in [0.3, 0.4) is 0 Å². The SMILES string of the molecule is CCOc1ncnc2[nH]nc(C)c12. The third kappa shape index (κ3) is 1.22. The van der Waals surface area contributed by atoms with E-state index in [-0.39, 0.29) is 0 Å². The number of H-pyrrole nitrogens is 1. The predicted octanol–water partition coefficient (Wildman–Crippen LogP) is 1.06. The van der Waals surface area contributed by atoms with E-state index in [1.807, 2.05) is 13.8 Å². The van der Waals surface area contributed by atoms with E-state index in [1.54, 1.807) is 0 Å². The van der Waals surface area contributed by atoms with Crippen molar-refractivity contribution in [1.29, 1.82) is 0 Å². The standard InChI is InChI=1S/C8H10N4O/c1-3-13-8-6-5(2)11-12-7(6)9-4-10-8/h4H,3H2,1-2H3,(H,9,10,11,12). The van der Waals surface area contributed by atoms with Crippen molar-refractivity contribution in [2.75, 3.05) is 6.61 Å². The van der Waals surface area contributed by atoms with Crippen molar-refractivity contribution >= 4 is 11.0 Å². The lowest BCUT2D eigenvalue weighted by atomic mass is 10.3. The zero-order valence-electron chi connectivity index (χ0n) is 7.53. The Bertz CT molecular complexity index is 423. The second-order valence-corrected chi connectivity index (χ2v) is 2.64. The lowest BCUT2D eigenvalue weighted by Gasteiger charge is -2.01. The number of nitrogens with zero attached hydrogens (tertiary/aromatic N) is 3. The highest BCUT2D eigenvalue weighted by atomic mass is 16.5. The summed E-state index contributed by atoms with van der Waals surface area (Å²) in [5.74, 6) is 0.596. The largest absolute Gasteiger partial charge is 0.477 e. The van der Waals surface area contributed by atoms with Crippen LogP contribution in [0.1, 0.15) is 12.6 Å². The van der Waals surface area contributed by atoms with Crippen LogP contribution in [0.2, 0.25) is 0 Å². The summed E-state index contributed by atoms with van der Waals surface area (Å²) in [5.41, 5.74) is 1.58. The van der Waals surface area contributed by atoms with Gasteiger partial charge >= 0.3 is 0 Å². The Morgan fingerprint density at radius 3 is 3.08 bits per heavy atom. The number of aromatic amines is 1. The van der Waals surface area contributed by atoms with Gasteiger partial charge in [-0.25, -0.2) is 9.97 Å². The highest BCUT2D eigenvalue weighted by Gasteiger charge is 2.09. The Balaban J connectivity index is 2.65. The van der Waals surface area contributed by atoms with Gasteiger partial charge < -0.3 is 4.74 Å². The quantitative estimate of drug-likeness (QED) is 0.746. The molecular weight excluding hydrogens is 168 g/mol. The molecule has 2 rings (SSSR count). The van der Waals surface area contributed by atoms with Crippen molar-refractivity contribution in [2.45, 2.75) is 13.8 Å². The summed E-state index contributed by atoms with van der Waals surface area (Å²) in [6, 6.07) is 0. The van der Waals surface area contributed by atoms with Crippen LogP contribution in [0.25, 0.3) is 11.0 Å². The molecule has 2 heterocycles. The predicted molar refractivity (Wildman–Crippen MR) is 47.6 cm³/mol. The molecule has 0 radical (unpaired) electrons. The van der Waals surface area contributed by atoms with Gasteiger partial charge in [-0.1, -0.05) is 0 Å². The molecule has 0 amide bonds. The normalized spacial score (nSPS) is 10.6. The van der Waals surface area contributed by atoms with Gasteiger partial charge in [0.05, 0.1) is 12.3 Å². The molecule has 0 fully saturated rings. The summed E-state index contributed by atoms with van der Waals surface area (Å²) >= 11 is 0. The average Bonchev–Trinajstić information content (AvgIpc) is 2.50. The van der Waals surface area contributed by atoms with Gasteiger partial charge in [0.15, 0.2) is 5.65 Å². The molecule has 0 aromatic carbocycles. The van der Waals surface area contributed by atoms with Crippen molar-refractivity contribution in [3.8, 4) is 5.88 Å². The molecule has 0 atom stereocenters. The molecule has 5 heteroatoms. The number of nitrogens with one attached hydrogen (secondary N) is 1. The Morgan fingerprint density at radius 1 is 1.46 bits per heavy atom. The molecule has 0 unspecified atom stereocenters. The highest BCUT2D eigenvalue weighted by molar-refractivity contribution is 5.82. The molecular formula is C8H10N4O. The molecule has 5 nitrogen and oxygen atoms in total. The zero-order valence-corrected chi connectivity index (χ0v) is 7.53. The fourth-order valence-corrected chi connectivity index (χ4v) is 1.22. The van der Waals surface area contributed by atoms with E-state index in [9.17, 15) is 0 Å². The molecule has 0 bridgehead atoms. The van der Waals surface area contributed by atoms with Crippen LogP contribution < -0.4 is 4.74 Å². The molecule has 0 spiro atoms. The van der Waals surface area contributed by atoms with Crippen molar-refractivity contribution in [3.63, 3.8) is 0 Å². The zero-order chi connectivity index (χ0) is 9.26. The molecule has 0 aliphatic rings. The van der Waals surface area contributed by atoms with Gasteiger partial charge in [0, 0.05) is 0 Å². The van der Waals surface area contributed by atoms with E-state index in [4.69, 9.17) is 4.74 Å². The van der Waals surface area contributed by atoms with Gasteiger partial charge in [-0.3, -0.25) is 5.10 Å². The monoisotopic (exact) mass is 178 g/mol. The maximum atomic E-state index is 5.35. The number of aryl methyl sites for hydroxylation is 1. The first-order chi connectivity index (χ1) is 6.33. The van der Waals surface area contributed by atoms with Crippen LogP contribution in [0, 0.1) is 6.92 Å². The second kappa shape index (κ2) is 3.01. The second-order valence-electron chi connectivity index (χ2n) is 2.64. The van der Waals surface area contributed by atoms with E-state index >= 15 is 0 Å². The van der Waals surface area contributed by atoms with Gasteiger partial charge in [-0.2, -0.15) is 5.10 Å². The first-order valence-electron chi connectivity index (χ1n) is 4.11. The first kappa shape index (κ1) is 7.97. The van der Waals surface area contributed by atoms with Crippen molar-refractivity contribution < 1.29 is 4.74 Å². The van der Waals surface area contributed by atoms with Crippen LogP contribution in [0.4, 0.5) is 0 Å². The Morgan fingerprint density at radius 2 is 2.31 bits per heavy atom. The summed E-state index contributed by atoms with van der Waals surface area (Å²) in [6.07, 6.45) is 1.46. The van der Waals surface area contributed by atoms with Crippen LogP contribution in [0.15, 0.2) is 6.33 Å². The molecule has 0 aliphatic heterocycles. The number of aromatic nitrogens is 4. The number of fused-ring (bicyclic) bond motifs is 1. The lowest BCUT2D eigenvalue weighted by Crippen LogP contribution is -1.95. The Hall–Kier alpha value is -1.65. The molecule has 13 heavy (non-hydrogen) atoms.